The number of hydrogen-bond donors (Lipinski definition) is 0. The Kier molecular flexibility index (Phi) is 4.63. The second kappa shape index (κ2) is 6.64. The van der Waals surface area contributed by atoms with Gasteiger partial charge in [-0.15, -0.1) is 11.3 Å². The number of likely N-dealkylation sites (N-methyl/N-ethyl adjacent to an activating group) is 1. The van der Waals surface area contributed by atoms with Gasteiger partial charge in [0.15, 0.2) is 0 Å². The Bertz CT molecular complexity index is 581. The van der Waals surface area contributed by atoms with E-state index < -0.39 is 0 Å². The predicted molar refractivity (Wildman–Crippen MR) is 84.9 cm³/mol. The van der Waals surface area contributed by atoms with Crippen LogP contribution >= 0.6 is 11.3 Å². The van der Waals surface area contributed by atoms with E-state index in [0.717, 1.165) is 42.4 Å². The fourth-order valence-corrected chi connectivity index (χ4v) is 3.41. The first-order chi connectivity index (χ1) is 10.2. The smallest absolute Gasteiger partial charge is 0.123 e. The molecule has 1 saturated heterocycles. The molecule has 0 aliphatic carbocycles. The highest BCUT2D eigenvalue weighted by Crippen LogP contribution is 2.24. The molecule has 0 N–H and O–H groups in total. The lowest BCUT2D eigenvalue weighted by Gasteiger charge is -2.18. The molecule has 1 aromatic heterocycles. The van der Waals surface area contributed by atoms with Gasteiger partial charge in [0.1, 0.15) is 10.8 Å². The van der Waals surface area contributed by atoms with Gasteiger partial charge in [0.25, 0.3) is 0 Å². The lowest BCUT2D eigenvalue weighted by molar-refractivity contribution is 0.267. The molecular weight excluding hydrogens is 285 g/mol. The molecule has 0 amide bonds. The summed E-state index contributed by atoms with van der Waals surface area (Å²) in [5.74, 6) is -0.204. The lowest BCUT2D eigenvalue weighted by Crippen LogP contribution is -2.28. The summed E-state index contributed by atoms with van der Waals surface area (Å²) >= 11 is 1.63. The van der Waals surface area contributed by atoms with E-state index in [1.165, 1.54) is 25.1 Å². The average Bonchev–Trinajstić information content (AvgIpc) is 2.84. The first kappa shape index (κ1) is 14.6. The molecule has 0 saturated carbocycles. The number of hydrogen-bond acceptors (Lipinski definition) is 4. The largest absolute Gasteiger partial charge is 0.305 e. The SMILES string of the molecule is CN1CCCN(Cc2csc(-c3ccc(F)cc3)n2)CC1. The van der Waals surface area contributed by atoms with Crippen molar-refractivity contribution in [2.45, 2.75) is 13.0 Å². The number of benzene rings is 1. The molecule has 0 unspecified atom stereocenters. The van der Waals surface area contributed by atoms with Crippen LogP contribution in [0.4, 0.5) is 4.39 Å². The van der Waals surface area contributed by atoms with Crippen molar-refractivity contribution in [3.63, 3.8) is 0 Å². The minimum atomic E-state index is -0.204. The zero-order chi connectivity index (χ0) is 14.7. The number of nitrogens with zero attached hydrogens (tertiary/aromatic N) is 3. The van der Waals surface area contributed by atoms with Crippen LogP contribution in [0.2, 0.25) is 0 Å². The Balaban J connectivity index is 1.66. The molecule has 0 radical (unpaired) electrons. The first-order valence-corrected chi connectivity index (χ1v) is 8.20. The van der Waals surface area contributed by atoms with Crippen molar-refractivity contribution >= 4 is 11.3 Å². The molecule has 0 spiro atoms. The maximum absolute atomic E-state index is 13.0. The fourth-order valence-electron chi connectivity index (χ4n) is 2.59. The normalized spacial score (nSPS) is 17.8. The number of rotatable bonds is 3. The second-order valence-corrected chi connectivity index (χ2v) is 6.44. The van der Waals surface area contributed by atoms with Crippen molar-refractivity contribution in [3.05, 3.63) is 41.2 Å². The van der Waals surface area contributed by atoms with E-state index in [9.17, 15) is 4.39 Å². The summed E-state index contributed by atoms with van der Waals surface area (Å²) < 4.78 is 13.0. The van der Waals surface area contributed by atoms with Crippen LogP contribution in [-0.4, -0.2) is 48.0 Å². The quantitative estimate of drug-likeness (QED) is 0.869. The summed E-state index contributed by atoms with van der Waals surface area (Å²) in [4.78, 5) is 9.54. The molecule has 21 heavy (non-hydrogen) atoms. The van der Waals surface area contributed by atoms with Crippen LogP contribution in [0.15, 0.2) is 29.6 Å². The minimum absolute atomic E-state index is 0.204. The maximum Gasteiger partial charge on any atom is 0.123 e. The van der Waals surface area contributed by atoms with Gasteiger partial charge in [-0.05, 0) is 50.8 Å². The summed E-state index contributed by atoms with van der Waals surface area (Å²) in [6.45, 7) is 5.43. The van der Waals surface area contributed by atoms with E-state index >= 15 is 0 Å². The summed E-state index contributed by atoms with van der Waals surface area (Å²) in [6, 6.07) is 6.56. The highest BCUT2D eigenvalue weighted by atomic mass is 32.1. The fraction of sp³-hybridized carbons (Fsp3) is 0.438. The van der Waals surface area contributed by atoms with E-state index in [1.807, 2.05) is 0 Å². The average molecular weight is 305 g/mol. The number of aromatic nitrogens is 1. The number of halogens is 1. The highest BCUT2D eigenvalue weighted by Gasteiger charge is 2.14. The topological polar surface area (TPSA) is 19.4 Å². The molecule has 0 atom stereocenters. The molecule has 2 aromatic rings. The third-order valence-corrected chi connectivity index (χ3v) is 4.78. The van der Waals surface area contributed by atoms with Crippen LogP contribution in [-0.2, 0) is 6.54 Å². The van der Waals surface area contributed by atoms with Crippen molar-refractivity contribution in [2.24, 2.45) is 0 Å². The second-order valence-electron chi connectivity index (χ2n) is 5.58. The van der Waals surface area contributed by atoms with Gasteiger partial charge in [0.2, 0.25) is 0 Å². The molecule has 1 aliphatic heterocycles. The Hall–Kier alpha value is -1.30. The van der Waals surface area contributed by atoms with Gasteiger partial charge < -0.3 is 4.90 Å². The third kappa shape index (κ3) is 3.87. The molecule has 1 aliphatic rings. The first-order valence-electron chi connectivity index (χ1n) is 7.32. The lowest BCUT2D eigenvalue weighted by atomic mass is 10.2. The maximum atomic E-state index is 13.0. The summed E-state index contributed by atoms with van der Waals surface area (Å²) in [5, 5.41) is 3.09. The molecule has 0 bridgehead atoms. The van der Waals surface area contributed by atoms with Crippen LogP contribution in [0.25, 0.3) is 10.6 Å². The molecule has 3 rings (SSSR count). The zero-order valence-electron chi connectivity index (χ0n) is 12.3. The van der Waals surface area contributed by atoms with Crippen LogP contribution in [0.1, 0.15) is 12.1 Å². The predicted octanol–water partition coefficient (Wildman–Crippen LogP) is 3.09. The molecule has 1 aromatic carbocycles. The molecule has 112 valence electrons. The van der Waals surface area contributed by atoms with E-state index in [4.69, 9.17) is 4.98 Å². The summed E-state index contributed by atoms with van der Waals surface area (Å²) in [5.41, 5.74) is 2.10. The Labute approximate surface area is 129 Å². The molecule has 3 nitrogen and oxygen atoms in total. The van der Waals surface area contributed by atoms with Gasteiger partial charge >= 0.3 is 0 Å². The van der Waals surface area contributed by atoms with Gasteiger partial charge in [0, 0.05) is 30.6 Å². The van der Waals surface area contributed by atoms with Gasteiger partial charge in [0.05, 0.1) is 5.69 Å². The monoisotopic (exact) mass is 305 g/mol. The standard InChI is InChI=1S/C16H20FN3S/c1-19-7-2-8-20(10-9-19)11-15-12-21-16(18-15)13-3-5-14(17)6-4-13/h3-6,12H,2,7-11H2,1H3. The van der Waals surface area contributed by atoms with Gasteiger partial charge in [-0.2, -0.15) is 0 Å². The Morgan fingerprint density at radius 3 is 2.76 bits per heavy atom. The van der Waals surface area contributed by atoms with Crippen molar-refractivity contribution in [1.82, 2.24) is 14.8 Å². The van der Waals surface area contributed by atoms with Crippen molar-refractivity contribution in [2.75, 3.05) is 33.2 Å². The molecular formula is C16H20FN3S. The molecule has 2 heterocycles. The molecule has 1 fully saturated rings. The van der Waals surface area contributed by atoms with Crippen molar-refractivity contribution < 1.29 is 4.39 Å². The van der Waals surface area contributed by atoms with Crippen molar-refractivity contribution in [3.8, 4) is 10.6 Å². The Morgan fingerprint density at radius 1 is 1.14 bits per heavy atom. The summed E-state index contributed by atoms with van der Waals surface area (Å²) in [6.07, 6.45) is 1.21. The number of thiazole rings is 1. The van der Waals surface area contributed by atoms with E-state index in [-0.39, 0.29) is 5.82 Å². The van der Waals surface area contributed by atoms with Crippen LogP contribution in [0.3, 0.4) is 0 Å². The minimum Gasteiger partial charge on any atom is -0.305 e. The van der Waals surface area contributed by atoms with Gasteiger partial charge in [-0.3, -0.25) is 4.90 Å². The van der Waals surface area contributed by atoms with Gasteiger partial charge in [-0.1, -0.05) is 0 Å². The highest BCUT2D eigenvalue weighted by molar-refractivity contribution is 7.13. The van der Waals surface area contributed by atoms with Crippen molar-refractivity contribution in [1.29, 1.82) is 0 Å². The van der Waals surface area contributed by atoms with E-state index in [1.54, 1.807) is 23.5 Å². The Morgan fingerprint density at radius 2 is 1.95 bits per heavy atom. The summed E-state index contributed by atoms with van der Waals surface area (Å²) in [7, 11) is 2.18. The third-order valence-electron chi connectivity index (χ3n) is 3.84. The molecule has 5 heteroatoms. The van der Waals surface area contributed by atoms with Crippen LogP contribution in [0, 0.1) is 5.82 Å². The van der Waals surface area contributed by atoms with E-state index in [2.05, 4.69) is 22.2 Å². The van der Waals surface area contributed by atoms with Gasteiger partial charge in [-0.25, -0.2) is 9.37 Å². The van der Waals surface area contributed by atoms with Crippen LogP contribution < -0.4 is 0 Å². The zero-order valence-corrected chi connectivity index (χ0v) is 13.1. The van der Waals surface area contributed by atoms with E-state index in [0.29, 0.717) is 0 Å². The van der Waals surface area contributed by atoms with Crippen LogP contribution in [0.5, 0.6) is 0 Å².